The van der Waals surface area contributed by atoms with Crippen molar-refractivity contribution in [2.24, 2.45) is 45.8 Å². The van der Waals surface area contributed by atoms with E-state index in [2.05, 4.69) is 24.1 Å². The number of hydrogen-bond donors (Lipinski definition) is 5. The van der Waals surface area contributed by atoms with Crippen LogP contribution >= 0.6 is 0 Å². The first-order valence-electron chi connectivity index (χ1n) is 20.2. The number of methoxy groups -OCH3 is 1. The first-order chi connectivity index (χ1) is 25.1. The van der Waals surface area contributed by atoms with Gasteiger partial charge in [-0.1, -0.05) is 32.8 Å². The van der Waals surface area contributed by atoms with Gasteiger partial charge >= 0.3 is 0 Å². The number of ketones is 1. The third-order valence-electron chi connectivity index (χ3n) is 16.7. The van der Waals surface area contributed by atoms with Gasteiger partial charge in [0, 0.05) is 56.5 Å². The molecule has 6 heterocycles. The number of carbonyl (C=O) groups is 2. The molecular weight excluding hydrogens is 676 g/mol. The van der Waals surface area contributed by atoms with Gasteiger partial charge in [0.25, 0.3) is 0 Å². The van der Waals surface area contributed by atoms with E-state index in [4.69, 9.17) is 14.2 Å². The van der Waals surface area contributed by atoms with Crippen LogP contribution in [0.1, 0.15) is 85.5 Å². The molecule has 6 fully saturated rings. The minimum Gasteiger partial charge on any atom is -0.387 e. The lowest BCUT2D eigenvalue weighted by atomic mass is 9.39. The molecule has 0 aromatic carbocycles. The topological polar surface area (TPSA) is 158 Å². The molecule has 3 saturated heterocycles. The van der Waals surface area contributed by atoms with E-state index < -0.39 is 63.4 Å². The van der Waals surface area contributed by atoms with Crippen molar-refractivity contribution in [1.82, 2.24) is 10.2 Å². The third kappa shape index (κ3) is 4.76. The standard InChI is InChI=1S/C42H58N2O9/c1-23-31-26-10-15-42(50)35(31)53-33(23)34(46)39(4,48)29-11-14-41(49)30-21-28(45)27-20-25(52-19-7-18-51-5)9-13-37(27,2)40(30,17-16-38(29,41)3)12-6-8-24-22-44(24)36(47)32(26)43-42/h10,15,21,23-27,29,31-35,43,46,48-50H,7-9,11,13-14,16-20,22H2,1-5H3/t23-,24+,25+,26+,27+,29+,31+,32+,33+,34-,35+,37+,38-,39+,40+,41-,42+,44?/m1/s1. The number of ether oxygens (including phenoxy) is 3. The summed E-state index contributed by atoms with van der Waals surface area (Å²) in [6, 6.07) is -0.705. The monoisotopic (exact) mass is 734 g/mol. The number of allylic oxidation sites excluding steroid dienone is 1. The second kappa shape index (κ2) is 11.9. The number of amides is 1. The zero-order chi connectivity index (χ0) is 37.5. The van der Waals surface area contributed by atoms with Gasteiger partial charge in [-0.25, -0.2) is 0 Å². The Morgan fingerprint density at radius 2 is 1.85 bits per heavy atom. The van der Waals surface area contributed by atoms with E-state index in [1.807, 2.05) is 24.8 Å². The molecule has 11 heteroatoms. The molecule has 5 aliphatic carbocycles. The molecule has 9 bridgehead atoms. The lowest BCUT2D eigenvalue weighted by Gasteiger charge is -2.64. The fourth-order valence-corrected chi connectivity index (χ4v) is 13.5. The SMILES string of the molecule is COCCCO[C@H]1CC[C@@]2(C)[C@@H](C1)C(=O)C=C1[C@]3(O)CC[C@@H]4[C@](C)(O)[C@H](O)[C@H]5O[C@H]6[C@@H]([C@H]5C)[C@@H]5C=C[C@@]6(O)N[C@@H]5C(=O)N5C[C@@H]5CC#C[C@]12CC[C@]43C. The van der Waals surface area contributed by atoms with Gasteiger partial charge in [0.15, 0.2) is 11.5 Å². The highest BCUT2D eigenvalue weighted by Gasteiger charge is 2.74. The largest absolute Gasteiger partial charge is 0.387 e. The summed E-state index contributed by atoms with van der Waals surface area (Å²) in [5.74, 6) is 5.58. The molecule has 6 aliphatic heterocycles. The molecule has 290 valence electrons. The van der Waals surface area contributed by atoms with E-state index in [0.717, 1.165) is 19.3 Å². The number of aliphatic hydroxyl groups excluding tert-OH is 1. The van der Waals surface area contributed by atoms with Crippen LogP contribution in [0.4, 0.5) is 0 Å². The van der Waals surface area contributed by atoms with Gasteiger partial charge in [-0.3, -0.25) is 14.9 Å². The predicted octanol–water partition coefficient (Wildman–Crippen LogP) is 2.25. The van der Waals surface area contributed by atoms with E-state index >= 15 is 0 Å². The molecular formula is C42H58N2O9. The minimum absolute atomic E-state index is 0.00233. The zero-order valence-electron chi connectivity index (χ0n) is 31.8. The number of piperidine rings is 1. The van der Waals surface area contributed by atoms with Crippen molar-refractivity contribution in [3.8, 4) is 11.8 Å². The summed E-state index contributed by atoms with van der Waals surface area (Å²) in [4.78, 5) is 30.3. The predicted molar refractivity (Wildman–Crippen MR) is 193 cm³/mol. The Kier molecular flexibility index (Phi) is 8.22. The van der Waals surface area contributed by atoms with E-state index in [-0.39, 0.29) is 47.5 Å². The maximum atomic E-state index is 14.4. The summed E-state index contributed by atoms with van der Waals surface area (Å²) in [7, 11) is 1.68. The highest BCUT2D eigenvalue weighted by molar-refractivity contribution is 5.96. The summed E-state index contributed by atoms with van der Waals surface area (Å²) in [5, 5.41) is 53.2. The van der Waals surface area contributed by atoms with E-state index in [9.17, 15) is 30.0 Å². The summed E-state index contributed by atoms with van der Waals surface area (Å²) in [6.45, 7) is 9.64. The molecule has 17 atom stereocenters. The highest BCUT2D eigenvalue weighted by atomic mass is 16.5. The van der Waals surface area contributed by atoms with Crippen LogP contribution in [-0.2, 0) is 23.8 Å². The molecule has 11 aliphatic rings. The number of hydrogen-bond acceptors (Lipinski definition) is 10. The fraction of sp³-hybridized carbons (Fsp3) is 0.810. The van der Waals surface area contributed by atoms with Crippen LogP contribution in [0.15, 0.2) is 23.8 Å². The maximum Gasteiger partial charge on any atom is 0.240 e. The minimum atomic E-state index is -1.68. The molecule has 11 nitrogen and oxygen atoms in total. The van der Waals surface area contributed by atoms with Crippen molar-refractivity contribution in [3.63, 3.8) is 0 Å². The Morgan fingerprint density at radius 1 is 1.06 bits per heavy atom. The van der Waals surface area contributed by atoms with E-state index in [1.54, 1.807) is 26.2 Å². The van der Waals surface area contributed by atoms with Crippen molar-refractivity contribution in [3.05, 3.63) is 23.8 Å². The molecule has 1 amide bonds. The molecule has 5 N–H and O–H groups in total. The Hall–Kier alpha value is -2.14. The molecule has 0 aromatic rings. The van der Waals surface area contributed by atoms with Crippen LogP contribution < -0.4 is 5.32 Å². The Balaban J connectivity index is 1.13. The first kappa shape index (κ1) is 36.5. The van der Waals surface area contributed by atoms with E-state index in [0.29, 0.717) is 63.9 Å². The average Bonchev–Trinajstić information content (AvgIpc) is 3.71. The van der Waals surface area contributed by atoms with Crippen LogP contribution in [-0.4, -0.2) is 117 Å². The second-order valence-corrected chi connectivity index (χ2v) is 19.0. The molecule has 0 aromatic heterocycles. The van der Waals surface area contributed by atoms with Crippen LogP contribution in [0, 0.1) is 57.7 Å². The number of rotatable bonds is 5. The number of nitrogens with zero attached hydrogens (tertiary/aromatic N) is 1. The van der Waals surface area contributed by atoms with Gasteiger partial charge in [0.1, 0.15) is 12.2 Å². The Bertz CT molecular complexity index is 1700. The quantitative estimate of drug-likeness (QED) is 0.123. The van der Waals surface area contributed by atoms with E-state index in [1.165, 1.54) is 0 Å². The number of nitrogens with one attached hydrogen (secondary N) is 1. The van der Waals surface area contributed by atoms with Gasteiger partial charge < -0.3 is 39.5 Å². The summed E-state index contributed by atoms with van der Waals surface area (Å²) < 4.78 is 18.0. The second-order valence-electron chi connectivity index (χ2n) is 19.0. The van der Waals surface area contributed by atoms with Crippen molar-refractivity contribution in [2.45, 2.75) is 139 Å². The van der Waals surface area contributed by atoms with Crippen LogP contribution in [0.5, 0.6) is 0 Å². The molecule has 3 saturated carbocycles. The number of fused-ring (bicyclic) bond motifs is 4. The molecule has 0 radical (unpaired) electrons. The molecule has 53 heavy (non-hydrogen) atoms. The third-order valence-corrected chi connectivity index (χ3v) is 16.7. The normalized spacial score (nSPS) is 54.8. The Labute approximate surface area is 312 Å². The lowest BCUT2D eigenvalue weighted by molar-refractivity contribution is -0.211. The Morgan fingerprint density at radius 3 is 2.62 bits per heavy atom. The average molecular weight is 735 g/mol. The van der Waals surface area contributed by atoms with Crippen LogP contribution in [0.2, 0.25) is 0 Å². The summed E-state index contributed by atoms with van der Waals surface area (Å²) in [6.07, 6.45) is 7.71. The van der Waals surface area contributed by atoms with Gasteiger partial charge in [-0.05, 0) is 93.3 Å². The lowest BCUT2D eigenvalue weighted by Crippen LogP contribution is -2.71. The first-order valence-corrected chi connectivity index (χ1v) is 20.2. The smallest absolute Gasteiger partial charge is 0.240 e. The van der Waals surface area contributed by atoms with Crippen molar-refractivity contribution < 1.29 is 44.2 Å². The van der Waals surface area contributed by atoms with Crippen LogP contribution in [0.3, 0.4) is 0 Å². The molecule has 1 spiro atoms. The number of aliphatic hydroxyl groups is 4. The summed E-state index contributed by atoms with van der Waals surface area (Å²) in [5.41, 5.74) is -6.26. The maximum absolute atomic E-state index is 14.4. The highest BCUT2D eigenvalue weighted by Crippen LogP contribution is 2.73. The fourth-order valence-electron chi connectivity index (χ4n) is 13.5. The van der Waals surface area contributed by atoms with Crippen molar-refractivity contribution in [1.29, 1.82) is 0 Å². The summed E-state index contributed by atoms with van der Waals surface area (Å²) >= 11 is 0. The van der Waals surface area contributed by atoms with Crippen molar-refractivity contribution in [2.75, 3.05) is 26.9 Å². The van der Waals surface area contributed by atoms with Crippen LogP contribution in [0.25, 0.3) is 0 Å². The van der Waals surface area contributed by atoms with Crippen molar-refractivity contribution >= 4 is 11.7 Å². The number of carbonyl (C=O) groups excluding carboxylic acids is 2. The molecule has 11 rings (SSSR count). The zero-order valence-corrected chi connectivity index (χ0v) is 31.8. The molecule has 0 unspecified atom stereocenters. The van der Waals surface area contributed by atoms with Gasteiger partial charge in [-0.15, -0.1) is 5.92 Å². The van der Waals surface area contributed by atoms with Gasteiger partial charge in [-0.2, -0.15) is 0 Å². The van der Waals surface area contributed by atoms with Gasteiger partial charge in [0.2, 0.25) is 5.91 Å². The van der Waals surface area contributed by atoms with Gasteiger partial charge in [0.05, 0.1) is 40.9 Å².